The highest BCUT2D eigenvalue weighted by molar-refractivity contribution is 7.59. The molecule has 0 aliphatic rings. The second kappa shape index (κ2) is 45.1. The molecule has 0 saturated carbocycles. The van der Waals surface area contributed by atoms with Crippen LogP contribution in [0.4, 0.5) is 4.39 Å². The molecular formula is C83H86Cl7FN8O19S4. The van der Waals surface area contributed by atoms with Gasteiger partial charge in [-0.15, -0.1) is 0 Å². The number of aliphatic hydroxyl groups excluding tert-OH is 4. The number of benzene rings is 8. The lowest BCUT2D eigenvalue weighted by molar-refractivity contribution is -0.137. The summed E-state index contributed by atoms with van der Waals surface area (Å²) in [6.07, 6.45) is -0.342. The predicted molar refractivity (Wildman–Crippen MR) is 489 cm³/mol. The minimum Gasteiger partial charge on any atom is -0.496 e. The van der Waals surface area contributed by atoms with E-state index in [1.807, 2.05) is 6.07 Å². The van der Waals surface area contributed by atoms with Crippen molar-refractivity contribution in [3.8, 4) is 17.2 Å². The Balaban J connectivity index is 0.000000286. The van der Waals surface area contributed by atoms with Gasteiger partial charge in [-0.25, -0.2) is 14.0 Å². The molecule has 4 amide bonds. The van der Waals surface area contributed by atoms with E-state index in [1.165, 1.54) is 57.7 Å². The Hall–Kier alpha value is -9.72. The number of hydrogen-bond donors (Lipinski definition) is 12. The first-order valence-electron chi connectivity index (χ1n) is 35.4. The molecule has 4 aromatic heterocycles. The van der Waals surface area contributed by atoms with Crippen LogP contribution in [0.15, 0.2) is 140 Å². The van der Waals surface area contributed by atoms with Crippen LogP contribution in [-0.2, 0) is 50.6 Å². The van der Waals surface area contributed by atoms with E-state index in [-0.39, 0.29) is 125 Å². The zero-order valence-corrected chi connectivity index (χ0v) is 75.5. The predicted octanol–water partition coefficient (Wildman–Crippen LogP) is 15.0. The maximum Gasteiger partial charge on any atom is 0.335 e. The first kappa shape index (κ1) is 103. The number of ether oxygens (including phenoxy) is 3. The van der Waals surface area contributed by atoms with Crippen molar-refractivity contribution in [3.05, 3.63) is 259 Å². The molecule has 122 heavy (non-hydrogen) atoms. The smallest absolute Gasteiger partial charge is 0.335 e. The molecule has 0 aliphatic carbocycles. The Labute approximate surface area is 760 Å². The van der Waals surface area contributed by atoms with Crippen molar-refractivity contribution in [1.82, 2.24) is 39.5 Å². The molecule has 12 N–H and O–H groups in total. The SMILES string of the molecule is COc1cc2c(cc(C(=O)N[C@H](CO)c3ccc(C(=O)O)cc3F)n2C)c(Cl)c1C.COc1ccc2c(cc(C(=O)N[C@H](CO)c3ccc(C(=O)O)cc3C)n2C)c1Cl.COc1ccc2c(cc(C(=O)N[C@H](CO)c3ccc(CC(=O)O)cc3Cl)n2C)c1Cl.Cn1c(C(=O)N[C@H](CO)c2ccc(CC(=O)O)cc2Cl)cc2c(Cl)c(Cl)ccc21.S.S.S.S. The lowest BCUT2D eigenvalue weighted by Crippen LogP contribution is -2.32. The Bertz CT molecular complexity index is 5950. The highest BCUT2D eigenvalue weighted by Gasteiger charge is 2.29. The topological polar surface area (TPSA) is 394 Å². The molecule has 12 rings (SSSR count). The van der Waals surface area contributed by atoms with Crippen molar-refractivity contribution in [2.24, 2.45) is 28.2 Å². The summed E-state index contributed by atoms with van der Waals surface area (Å²) >= 11 is 44.0. The lowest BCUT2D eigenvalue weighted by Gasteiger charge is -2.19. The van der Waals surface area contributed by atoms with Crippen molar-refractivity contribution in [2.75, 3.05) is 47.8 Å². The summed E-state index contributed by atoms with van der Waals surface area (Å²) in [5.41, 5.74) is 8.17. The summed E-state index contributed by atoms with van der Waals surface area (Å²) < 4.78 is 36.8. The highest BCUT2D eigenvalue weighted by Crippen LogP contribution is 2.40. The van der Waals surface area contributed by atoms with Gasteiger partial charge in [0.1, 0.15) is 45.8 Å². The molecule has 0 radical (unpaired) electrons. The molecule has 0 fully saturated rings. The number of aromatic carboxylic acids is 2. The van der Waals surface area contributed by atoms with Gasteiger partial charge in [-0.1, -0.05) is 118 Å². The summed E-state index contributed by atoms with van der Waals surface area (Å²) in [4.78, 5) is 95.4. The van der Waals surface area contributed by atoms with E-state index in [0.29, 0.717) is 120 Å². The van der Waals surface area contributed by atoms with Crippen molar-refractivity contribution >= 4 is 226 Å². The summed E-state index contributed by atoms with van der Waals surface area (Å²) in [6, 6.07) is 32.8. The zero-order chi connectivity index (χ0) is 86.7. The van der Waals surface area contributed by atoms with Crippen LogP contribution in [0.5, 0.6) is 17.2 Å². The number of nitrogens with zero attached hydrogens (tertiary/aromatic N) is 4. The van der Waals surface area contributed by atoms with Crippen LogP contribution in [-0.4, -0.2) is 154 Å². The fourth-order valence-corrected chi connectivity index (χ4v) is 15.1. The molecule has 0 spiro atoms. The fourth-order valence-electron chi connectivity index (χ4n) is 13.2. The number of aryl methyl sites for hydroxylation is 5. The van der Waals surface area contributed by atoms with Gasteiger partial charge in [-0.05, 0) is 144 Å². The normalized spacial score (nSPS) is 11.7. The van der Waals surface area contributed by atoms with Gasteiger partial charge in [-0.2, -0.15) is 54.0 Å². The van der Waals surface area contributed by atoms with Crippen molar-refractivity contribution < 1.29 is 97.8 Å². The standard InChI is InChI=1S/C21H20Cl2N2O5.C21H20ClFN2O5.C21H21ClN2O5.C20H17Cl3N2O4.4H2S/c1-25-16-5-6-18(30-2)20(23)13(16)9-17(25)21(29)24-15(10-26)12-4-3-11(7-14(12)22)8-19(27)28;1-10-18(30-3)8-16-13(19(10)22)7-17(25(16)2)20(27)24-15(9-26)12-5-4-11(21(28)29)6-14(12)23;1-11-8-12(21(27)28)4-5-13(11)15(10-25)23-20(26)17-9-14-16(24(17)2)6-7-18(29-3)19(14)22;1-25-16-5-4-13(21)19(23)12(16)8-17(25)20(29)24-15(9-26)11-3-2-10(6-14(11)22)7-18(27)28;;;;/h3-7,9,15,26H,8,10H2,1-2H3,(H,24,29)(H,27,28);4-8,15,26H,9H2,1-3H3,(H,24,27)(H,28,29);4-9,15,25H,10H2,1-3H3,(H,23,26)(H,27,28);2-6,8,15,26H,7,9H2,1H3,(H,24,29)(H,27,28);4*1H2/t4*15-;;;;/m1111..../s1. The van der Waals surface area contributed by atoms with Gasteiger partial charge in [0.25, 0.3) is 23.6 Å². The third-order valence-corrected chi connectivity index (χ3v) is 22.2. The second-order valence-corrected chi connectivity index (χ2v) is 29.5. The molecule has 652 valence electrons. The Morgan fingerprint density at radius 2 is 0.689 bits per heavy atom. The van der Waals surface area contributed by atoms with E-state index in [4.69, 9.17) is 116 Å². The van der Waals surface area contributed by atoms with E-state index < -0.39 is 78.2 Å². The van der Waals surface area contributed by atoms with Crippen LogP contribution >= 0.6 is 135 Å². The first-order chi connectivity index (χ1) is 55.9. The van der Waals surface area contributed by atoms with Gasteiger partial charge in [0.2, 0.25) is 0 Å². The van der Waals surface area contributed by atoms with Crippen LogP contribution in [0.2, 0.25) is 35.2 Å². The number of hydrogen-bond acceptors (Lipinski definition) is 15. The molecule has 4 heterocycles. The number of amides is 4. The van der Waals surface area contributed by atoms with Crippen LogP contribution in [0.25, 0.3) is 43.6 Å². The van der Waals surface area contributed by atoms with Crippen LogP contribution in [0.3, 0.4) is 0 Å². The van der Waals surface area contributed by atoms with E-state index in [0.717, 1.165) is 28.2 Å². The van der Waals surface area contributed by atoms with E-state index in [2.05, 4.69) is 21.3 Å². The third-order valence-electron chi connectivity index (χ3n) is 19.5. The highest BCUT2D eigenvalue weighted by atomic mass is 35.5. The molecular weight excluding hydrogens is 1810 g/mol. The van der Waals surface area contributed by atoms with E-state index >= 15 is 0 Å². The molecule has 0 unspecified atom stereocenters. The summed E-state index contributed by atoms with van der Waals surface area (Å²) in [5, 5.41) is 91.1. The number of carboxylic acids is 4. The maximum absolute atomic E-state index is 14.4. The van der Waals surface area contributed by atoms with Gasteiger partial charge in [0.05, 0.1) is 138 Å². The number of nitrogens with one attached hydrogen (secondary N) is 4. The number of halogens is 8. The second-order valence-electron chi connectivity index (χ2n) is 26.7. The number of aromatic nitrogens is 4. The summed E-state index contributed by atoms with van der Waals surface area (Å²) in [7, 11) is 11.5. The van der Waals surface area contributed by atoms with Crippen LogP contribution < -0.4 is 35.5 Å². The quantitative estimate of drug-likeness (QED) is 0.0253. The average molecular weight is 1900 g/mol. The molecule has 0 bridgehead atoms. The van der Waals surface area contributed by atoms with E-state index in [1.54, 1.807) is 151 Å². The molecule has 27 nitrogen and oxygen atoms in total. The molecule has 4 atom stereocenters. The van der Waals surface area contributed by atoms with Gasteiger partial charge >= 0.3 is 23.9 Å². The van der Waals surface area contributed by atoms with Gasteiger partial charge < -0.3 is 94.6 Å². The minimum atomic E-state index is -1.27. The molecule has 0 saturated heterocycles. The zero-order valence-electron chi connectivity index (χ0n) is 66.2. The number of carbonyl (C=O) groups is 8. The summed E-state index contributed by atoms with van der Waals surface area (Å²) in [5.74, 6) is -5.30. The first-order valence-corrected chi connectivity index (χ1v) is 38.0. The fraction of sp³-hybridized carbons (Fsp3) is 0.229. The largest absolute Gasteiger partial charge is 0.496 e. The number of aliphatic carboxylic acids is 2. The third kappa shape index (κ3) is 23.0. The van der Waals surface area contributed by atoms with Gasteiger partial charge in [0, 0.05) is 82.5 Å². The minimum absolute atomic E-state index is 0. The van der Waals surface area contributed by atoms with Crippen LogP contribution in [0.1, 0.15) is 131 Å². The maximum atomic E-state index is 14.4. The van der Waals surface area contributed by atoms with Crippen LogP contribution in [0, 0.1) is 19.7 Å². The van der Waals surface area contributed by atoms with Gasteiger partial charge in [0.15, 0.2) is 0 Å². The number of carboxylic acid groups (broad SMARTS) is 4. The average Bonchev–Trinajstić information content (AvgIpc) is 1.63. The molecule has 0 aliphatic heterocycles. The Kier molecular flexibility index (Phi) is 38.0. The van der Waals surface area contributed by atoms with Crippen molar-refractivity contribution in [3.63, 3.8) is 0 Å². The van der Waals surface area contributed by atoms with E-state index in [9.17, 15) is 63.2 Å². The van der Waals surface area contributed by atoms with Crippen molar-refractivity contribution in [1.29, 1.82) is 0 Å². The molecule has 39 heteroatoms. The number of carbonyl (C=O) groups excluding carboxylic acids is 4. The monoisotopic (exact) mass is 1890 g/mol. The number of methoxy groups -OCH3 is 3. The molecule has 8 aromatic carbocycles. The van der Waals surface area contributed by atoms with Crippen molar-refractivity contribution in [2.45, 2.75) is 50.9 Å². The Morgan fingerprint density at radius 1 is 0.369 bits per heavy atom. The number of fused-ring (bicyclic) bond motifs is 4. The number of aliphatic hydroxyl groups is 4. The summed E-state index contributed by atoms with van der Waals surface area (Å²) in [6.45, 7) is 1.85. The molecule has 12 aromatic rings. The lowest BCUT2D eigenvalue weighted by atomic mass is 9.99. The van der Waals surface area contributed by atoms with Gasteiger partial charge in [-0.3, -0.25) is 28.8 Å². The Morgan fingerprint density at radius 3 is 1.02 bits per heavy atom. The number of rotatable bonds is 25.